The summed E-state index contributed by atoms with van der Waals surface area (Å²) in [6.45, 7) is 2.67. The predicted octanol–water partition coefficient (Wildman–Crippen LogP) is 2.29. The van der Waals surface area contributed by atoms with E-state index in [-0.39, 0.29) is 11.8 Å². The Kier molecular flexibility index (Phi) is 5.38. The van der Waals surface area contributed by atoms with Crippen LogP contribution in [0.3, 0.4) is 0 Å². The lowest BCUT2D eigenvalue weighted by molar-refractivity contribution is 0.408. The Morgan fingerprint density at radius 3 is 2.88 bits per heavy atom. The number of phenolic OH excluding ortho intramolecular Hbond substituents is 1. The number of benzene rings is 1. The second-order valence-electron chi connectivity index (χ2n) is 3.89. The van der Waals surface area contributed by atoms with E-state index in [4.69, 9.17) is 11.2 Å². The SMILES string of the molecule is C#CCC(CC)NCc1cc(OC)ccc1O. The number of phenols is 1. The standard InChI is InChI=1S/C14H19NO2/c1-4-6-12(5-2)15-10-11-9-13(17-3)7-8-14(11)16/h1,7-9,12,15-16H,5-6,10H2,2-3H3. The van der Waals surface area contributed by atoms with Crippen LogP contribution >= 0.6 is 0 Å². The average Bonchev–Trinajstić information content (AvgIpc) is 2.36. The van der Waals surface area contributed by atoms with Crippen LogP contribution in [0.2, 0.25) is 0 Å². The molecule has 0 bridgehead atoms. The van der Waals surface area contributed by atoms with Crippen molar-refractivity contribution in [3.8, 4) is 23.8 Å². The Bertz CT molecular complexity index is 396. The van der Waals surface area contributed by atoms with E-state index < -0.39 is 0 Å². The first-order valence-corrected chi connectivity index (χ1v) is 5.74. The van der Waals surface area contributed by atoms with Gasteiger partial charge in [0.2, 0.25) is 0 Å². The zero-order valence-corrected chi connectivity index (χ0v) is 10.4. The molecule has 1 rings (SSSR count). The number of aromatic hydroxyl groups is 1. The smallest absolute Gasteiger partial charge is 0.120 e. The number of hydrogen-bond acceptors (Lipinski definition) is 3. The van der Waals surface area contributed by atoms with Gasteiger partial charge in [0.15, 0.2) is 0 Å². The number of terminal acetylenes is 1. The van der Waals surface area contributed by atoms with Gasteiger partial charge in [-0.1, -0.05) is 6.92 Å². The van der Waals surface area contributed by atoms with Crippen LogP contribution in [-0.2, 0) is 6.54 Å². The molecule has 0 fully saturated rings. The topological polar surface area (TPSA) is 41.5 Å². The molecule has 0 aliphatic carbocycles. The van der Waals surface area contributed by atoms with Gasteiger partial charge in [0, 0.05) is 24.6 Å². The highest BCUT2D eigenvalue weighted by Gasteiger charge is 2.07. The summed E-state index contributed by atoms with van der Waals surface area (Å²) < 4.78 is 5.12. The van der Waals surface area contributed by atoms with Crippen LogP contribution < -0.4 is 10.1 Å². The summed E-state index contributed by atoms with van der Waals surface area (Å²) >= 11 is 0. The molecule has 0 aromatic heterocycles. The maximum Gasteiger partial charge on any atom is 0.120 e. The summed E-state index contributed by atoms with van der Waals surface area (Å²) in [4.78, 5) is 0. The second kappa shape index (κ2) is 6.82. The van der Waals surface area contributed by atoms with Gasteiger partial charge >= 0.3 is 0 Å². The summed E-state index contributed by atoms with van der Waals surface area (Å²) in [6.07, 6.45) is 6.95. The van der Waals surface area contributed by atoms with Crippen molar-refractivity contribution in [3.63, 3.8) is 0 Å². The molecule has 0 aliphatic heterocycles. The van der Waals surface area contributed by atoms with Crippen LogP contribution in [0.25, 0.3) is 0 Å². The summed E-state index contributed by atoms with van der Waals surface area (Å²) in [5.74, 6) is 3.65. The quantitative estimate of drug-likeness (QED) is 0.741. The van der Waals surface area contributed by atoms with Gasteiger partial charge in [-0.25, -0.2) is 0 Å². The van der Waals surface area contributed by atoms with Gasteiger partial charge < -0.3 is 15.2 Å². The fourth-order valence-electron chi connectivity index (χ4n) is 1.59. The van der Waals surface area contributed by atoms with Crippen LogP contribution in [0.15, 0.2) is 18.2 Å². The maximum absolute atomic E-state index is 9.71. The van der Waals surface area contributed by atoms with Crippen LogP contribution in [0.4, 0.5) is 0 Å². The molecule has 1 unspecified atom stereocenters. The molecule has 1 atom stereocenters. The van der Waals surface area contributed by atoms with E-state index in [1.165, 1.54) is 0 Å². The Labute approximate surface area is 103 Å². The third kappa shape index (κ3) is 4.01. The van der Waals surface area contributed by atoms with Crippen molar-refractivity contribution in [2.45, 2.75) is 32.4 Å². The van der Waals surface area contributed by atoms with Crippen molar-refractivity contribution in [2.75, 3.05) is 7.11 Å². The first kappa shape index (κ1) is 13.4. The zero-order valence-electron chi connectivity index (χ0n) is 10.4. The second-order valence-corrected chi connectivity index (χ2v) is 3.89. The number of hydrogen-bond donors (Lipinski definition) is 2. The highest BCUT2D eigenvalue weighted by atomic mass is 16.5. The lowest BCUT2D eigenvalue weighted by Gasteiger charge is -2.15. The Morgan fingerprint density at radius 2 is 2.29 bits per heavy atom. The van der Waals surface area contributed by atoms with Gasteiger partial charge in [0.25, 0.3) is 0 Å². The van der Waals surface area contributed by atoms with E-state index in [1.54, 1.807) is 19.2 Å². The highest BCUT2D eigenvalue weighted by molar-refractivity contribution is 5.39. The fraction of sp³-hybridized carbons (Fsp3) is 0.429. The number of ether oxygens (including phenoxy) is 1. The molecule has 0 spiro atoms. The molecular formula is C14H19NO2. The minimum absolute atomic E-state index is 0.272. The predicted molar refractivity (Wildman–Crippen MR) is 69.0 cm³/mol. The molecule has 0 saturated heterocycles. The summed E-state index contributed by atoms with van der Waals surface area (Å²) in [6, 6.07) is 5.48. The lowest BCUT2D eigenvalue weighted by atomic mass is 10.1. The first-order chi connectivity index (χ1) is 8.21. The van der Waals surface area contributed by atoms with Crippen LogP contribution in [0, 0.1) is 12.3 Å². The van der Waals surface area contributed by atoms with Crippen molar-refractivity contribution in [2.24, 2.45) is 0 Å². The molecule has 1 aromatic rings. The minimum Gasteiger partial charge on any atom is -0.508 e. The molecule has 92 valence electrons. The molecule has 0 saturated carbocycles. The number of methoxy groups -OCH3 is 1. The largest absolute Gasteiger partial charge is 0.508 e. The first-order valence-electron chi connectivity index (χ1n) is 5.74. The van der Waals surface area contributed by atoms with Crippen molar-refractivity contribution in [1.29, 1.82) is 0 Å². The average molecular weight is 233 g/mol. The molecular weight excluding hydrogens is 214 g/mol. The molecule has 3 nitrogen and oxygen atoms in total. The van der Waals surface area contributed by atoms with E-state index in [1.807, 2.05) is 6.07 Å². The summed E-state index contributed by atoms with van der Waals surface area (Å²) in [5.41, 5.74) is 0.819. The Balaban J connectivity index is 2.64. The molecule has 1 aromatic carbocycles. The zero-order chi connectivity index (χ0) is 12.7. The van der Waals surface area contributed by atoms with E-state index in [0.29, 0.717) is 13.0 Å². The maximum atomic E-state index is 9.71. The van der Waals surface area contributed by atoms with Crippen molar-refractivity contribution < 1.29 is 9.84 Å². The normalized spacial score (nSPS) is 11.8. The van der Waals surface area contributed by atoms with Crippen LogP contribution in [0.5, 0.6) is 11.5 Å². The fourth-order valence-corrected chi connectivity index (χ4v) is 1.59. The lowest BCUT2D eigenvalue weighted by Crippen LogP contribution is -2.27. The van der Waals surface area contributed by atoms with Gasteiger partial charge in [-0.2, -0.15) is 0 Å². The van der Waals surface area contributed by atoms with E-state index >= 15 is 0 Å². The molecule has 17 heavy (non-hydrogen) atoms. The third-order valence-corrected chi connectivity index (χ3v) is 2.72. The van der Waals surface area contributed by atoms with Gasteiger partial charge in [-0.3, -0.25) is 0 Å². The number of rotatable bonds is 6. The van der Waals surface area contributed by atoms with Gasteiger partial charge in [-0.15, -0.1) is 12.3 Å². The minimum atomic E-state index is 0.272. The van der Waals surface area contributed by atoms with Crippen molar-refractivity contribution in [1.82, 2.24) is 5.32 Å². The van der Waals surface area contributed by atoms with Crippen molar-refractivity contribution >= 4 is 0 Å². The molecule has 0 amide bonds. The molecule has 2 N–H and O–H groups in total. The number of nitrogens with one attached hydrogen (secondary N) is 1. The highest BCUT2D eigenvalue weighted by Crippen LogP contribution is 2.22. The van der Waals surface area contributed by atoms with Crippen LogP contribution in [-0.4, -0.2) is 18.3 Å². The van der Waals surface area contributed by atoms with E-state index in [0.717, 1.165) is 17.7 Å². The van der Waals surface area contributed by atoms with Crippen molar-refractivity contribution in [3.05, 3.63) is 23.8 Å². The van der Waals surface area contributed by atoms with Gasteiger partial charge in [0.05, 0.1) is 7.11 Å². The Hall–Kier alpha value is -1.66. The van der Waals surface area contributed by atoms with E-state index in [9.17, 15) is 5.11 Å². The van der Waals surface area contributed by atoms with Gasteiger partial charge in [0.1, 0.15) is 11.5 Å². The summed E-state index contributed by atoms with van der Waals surface area (Å²) in [5, 5.41) is 13.0. The summed E-state index contributed by atoms with van der Waals surface area (Å²) in [7, 11) is 1.61. The Morgan fingerprint density at radius 1 is 1.53 bits per heavy atom. The molecule has 0 aliphatic rings. The molecule has 0 heterocycles. The monoisotopic (exact) mass is 233 g/mol. The molecule has 0 radical (unpaired) electrons. The van der Waals surface area contributed by atoms with Gasteiger partial charge in [-0.05, 0) is 24.6 Å². The third-order valence-electron chi connectivity index (χ3n) is 2.72. The van der Waals surface area contributed by atoms with E-state index in [2.05, 4.69) is 18.2 Å². The van der Waals surface area contributed by atoms with Crippen LogP contribution in [0.1, 0.15) is 25.3 Å². The molecule has 3 heteroatoms.